The van der Waals surface area contributed by atoms with Gasteiger partial charge in [0.15, 0.2) is 5.96 Å². The minimum Gasteiger partial charge on any atom is -0.490 e. The number of methoxy groups -OCH3 is 1. The van der Waals surface area contributed by atoms with Crippen LogP contribution >= 0.6 is 0 Å². The Balaban J connectivity index is 0.000000247. The fourth-order valence-electron chi connectivity index (χ4n) is 5.26. The van der Waals surface area contributed by atoms with E-state index in [1.54, 1.807) is 13.2 Å². The molecule has 0 aliphatic carbocycles. The molecule has 3 atom stereocenters. The molecule has 0 saturated heterocycles. The van der Waals surface area contributed by atoms with Gasteiger partial charge in [0, 0.05) is 24.7 Å². The lowest BCUT2D eigenvalue weighted by atomic mass is 9.88. The van der Waals surface area contributed by atoms with Crippen molar-refractivity contribution in [3.63, 3.8) is 0 Å². The minimum atomic E-state index is -0.799. The molecule has 210 valence electrons. The number of aliphatic hydroxyl groups is 1. The number of amides is 2. The van der Waals surface area contributed by atoms with Gasteiger partial charge in [0.05, 0.1) is 24.6 Å². The van der Waals surface area contributed by atoms with Crippen molar-refractivity contribution in [1.29, 1.82) is 0 Å². The van der Waals surface area contributed by atoms with E-state index in [-0.39, 0.29) is 29.9 Å². The van der Waals surface area contributed by atoms with E-state index < -0.39 is 17.7 Å². The number of rotatable bonds is 6. The highest BCUT2D eigenvalue weighted by Crippen LogP contribution is 2.36. The Labute approximate surface area is 228 Å². The largest absolute Gasteiger partial charge is 0.490 e. The molecular weight excluding hydrogens is 500 g/mol. The second kappa shape index (κ2) is 11.6. The molecule has 0 spiro atoms. The minimum absolute atomic E-state index is 0.0220. The summed E-state index contributed by atoms with van der Waals surface area (Å²) in [6.07, 6.45) is 2.06. The first kappa shape index (κ1) is 28.4. The fourth-order valence-corrected chi connectivity index (χ4v) is 5.26. The van der Waals surface area contributed by atoms with Crippen molar-refractivity contribution in [2.75, 3.05) is 20.3 Å². The molecule has 0 radical (unpaired) electrons. The number of nitrogens with two attached hydrogens (primary N) is 1. The molecule has 2 aromatic rings. The highest BCUT2D eigenvalue weighted by atomic mass is 16.5. The Morgan fingerprint density at radius 3 is 2.64 bits per heavy atom. The Morgan fingerprint density at radius 2 is 1.95 bits per heavy atom. The van der Waals surface area contributed by atoms with Crippen molar-refractivity contribution < 1.29 is 28.9 Å². The Morgan fingerprint density at radius 1 is 1.21 bits per heavy atom. The molecule has 5 N–H and O–H groups in total. The van der Waals surface area contributed by atoms with Gasteiger partial charge in [0.1, 0.15) is 29.8 Å². The molecule has 2 aromatic carbocycles. The maximum atomic E-state index is 12.8. The number of carbonyl (C=O) groups excluding carboxylic acids is 2. The highest BCUT2D eigenvalue weighted by molar-refractivity contribution is 5.98. The van der Waals surface area contributed by atoms with Crippen LogP contribution in [0.15, 0.2) is 47.5 Å². The van der Waals surface area contributed by atoms with E-state index in [1.807, 2.05) is 57.2 Å². The molecule has 10 nitrogen and oxygen atoms in total. The summed E-state index contributed by atoms with van der Waals surface area (Å²) in [5.41, 5.74) is 7.11. The first-order valence-electron chi connectivity index (χ1n) is 13.3. The number of nitrogens with zero attached hydrogens (tertiary/aromatic N) is 1. The second-order valence-corrected chi connectivity index (χ2v) is 10.5. The fraction of sp³-hybridized carbons (Fsp3) is 0.483. The van der Waals surface area contributed by atoms with Gasteiger partial charge in [0.25, 0.3) is 5.91 Å². The summed E-state index contributed by atoms with van der Waals surface area (Å²) in [4.78, 5) is 28.2. The van der Waals surface area contributed by atoms with Crippen LogP contribution in [0.5, 0.6) is 11.5 Å². The Hall–Kier alpha value is -3.63. The third kappa shape index (κ3) is 6.34. The molecule has 0 saturated carbocycles. The van der Waals surface area contributed by atoms with Crippen LogP contribution in [0, 0.1) is 0 Å². The van der Waals surface area contributed by atoms with Gasteiger partial charge in [-0.2, -0.15) is 0 Å². The van der Waals surface area contributed by atoms with Crippen LogP contribution in [0.1, 0.15) is 67.6 Å². The predicted octanol–water partition coefficient (Wildman–Crippen LogP) is 2.63. The van der Waals surface area contributed by atoms with Gasteiger partial charge in [-0.1, -0.05) is 32.0 Å². The monoisotopic (exact) mass is 538 g/mol. The molecule has 0 aromatic heterocycles. The highest BCUT2D eigenvalue weighted by Gasteiger charge is 2.36. The van der Waals surface area contributed by atoms with Crippen LogP contribution in [0.25, 0.3) is 0 Å². The van der Waals surface area contributed by atoms with Crippen LogP contribution in [0.4, 0.5) is 0 Å². The smallest absolute Gasteiger partial charge is 0.251 e. The van der Waals surface area contributed by atoms with Crippen LogP contribution in [-0.4, -0.2) is 60.4 Å². The Bertz CT molecular complexity index is 1240. The standard InChI is InChI=1S/C21H23NO5.C8H15N3O/c1-21(12-25-2)10-14-9-13(7-8-17(14)27-21)20(24)22-19-15-5-3-4-6-18(15)26-11-16(19)23;1-3-8(4-2)5-6(12)10-7(9)11-8/h3-9,16,19,23H,10-12H2,1-2H3,(H,22,24);3-5H2,1-2H3,(H3,9,10,11,12)/t16?,19?,21-;/m0./s1. The van der Waals surface area contributed by atoms with Crippen LogP contribution in [0.2, 0.25) is 0 Å². The summed E-state index contributed by atoms with van der Waals surface area (Å²) in [7, 11) is 1.65. The van der Waals surface area contributed by atoms with E-state index in [1.165, 1.54) is 0 Å². The lowest BCUT2D eigenvalue weighted by molar-refractivity contribution is -0.121. The molecule has 0 bridgehead atoms. The number of hydrogen-bond acceptors (Lipinski definition) is 8. The average Bonchev–Trinajstić information content (AvgIpc) is 3.25. The van der Waals surface area contributed by atoms with Crippen LogP contribution < -0.4 is 25.8 Å². The zero-order valence-electron chi connectivity index (χ0n) is 23.0. The van der Waals surface area contributed by atoms with Crippen molar-refractivity contribution in [3.05, 3.63) is 59.2 Å². The number of para-hydroxylation sites is 1. The summed E-state index contributed by atoms with van der Waals surface area (Å²) in [5.74, 6) is 1.47. The van der Waals surface area contributed by atoms with Gasteiger partial charge < -0.3 is 30.4 Å². The van der Waals surface area contributed by atoms with Crippen molar-refractivity contribution in [3.8, 4) is 11.5 Å². The number of aliphatic hydroxyl groups excluding tert-OH is 1. The van der Waals surface area contributed by atoms with Crippen LogP contribution in [-0.2, 0) is 16.0 Å². The van der Waals surface area contributed by atoms with Crippen molar-refractivity contribution in [2.24, 2.45) is 10.7 Å². The van der Waals surface area contributed by atoms with E-state index in [2.05, 4.69) is 15.6 Å². The summed E-state index contributed by atoms with van der Waals surface area (Å²) < 4.78 is 16.7. The van der Waals surface area contributed by atoms with Crippen molar-refractivity contribution >= 4 is 17.8 Å². The van der Waals surface area contributed by atoms with E-state index >= 15 is 0 Å². The maximum Gasteiger partial charge on any atom is 0.251 e. The van der Waals surface area contributed by atoms with Gasteiger partial charge in [-0.25, -0.2) is 4.99 Å². The molecule has 2 amide bonds. The first-order chi connectivity index (χ1) is 18.6. The van der Waals surface area contributed by atoms with Gasteiger partial charge >= 0.3 is 0 Å². The number of benzene rings is 2. The normalized spacial score (nSPS) is 24.4. The number of aliphatic imine (C=N–C) groups is 1. The van der Waals surface area contributed by atoms with E-state index in [4.69, 9.17) is 19.9 Å². The first-order valence-corrected chi connectivity index (χ1v) is 13.3. The number of carbonyl (C=O) groups is 2. The number of ether oxygens (including phenoxy) is 3. The Kier molecular flexibility index (Phi) is 8.46. The van der Waals surface area contributed by atoms with Crippen LogP contribution in [0.3, 0.4) is 0 Å². The van der Waals surface area contributed by atoms with Crippen molar-refractivity contribution in [2.45, 2.75) is 69.7 Å². The molecule has 3 heterocycles. The van der Waals surface area contributed by atoms with Gasteiger partial charge in [-0.05, 0) is 49.6 Å². The van der Waals surface area contributed by atoms with Gasteiger partial charge in [-0.3, -0.25) is 14.9 Å². The zero-order valence-corrected chi connectivity index (χ0v) is 23.0. The molecule has 0 fully saturated rings. The van der Waals surface area contributed by atoms with E-state index in [9.17, 15) is 14.7 Å². The maximum absolute atomic E-state index is 12.8. The lowest BCUT2D eigenvalue weighted by Gasteiger charge is -2.31. The van der Waals surface area contributed by atoms with Crippen molar-refractivity contribution in [1.82, 2.24) is 10.6 Å². The number of guanidine groups is 1. The number of fused-ring (bicyclic) bond motifs is 2. The average molecular weight is 539 g/mol. The molecule has 5 rings (SSSR count). The summed E-state index contributed by atoms with van der Waals surface area (Å²) in [6, 6.07) is 12.3. The molecular formula is C29H38N4O6. The number of hydrogen-bond donors (Lipinski definition) is 4. The topological polar surface area (TPSA) is 144 Å². The van der Waals surface area contributed by atoms with Gasteiger partial charge in [-0.15, -0.1) is 0 Å². The summed E-state index contributed by atoms with van der Waals surface area (Å²) in [6.45, 7) is 6.67. The zero-order chi connectivity index (χ0) is 28.2. The third-order valence-electron chi connectivity index (χ3n) is 7.46. The second-order valence-electron chi connectivity index (χ2n) is 10.5. The lowest BCUT2D eigenvalue weighted by Crippen LogP contribution is -2.48. The summed E-state index contributed by atoms with van der Waals surface area (Å²) >= 11 is 0. The third-order valence-corrected chi connectivity index (χ3v) is 7.46. The molecule has 39 heavy (non-hydrogen) atoms. The van der Waals surface area contributed by atoms with E-state index in [0.29, 0.717) is 30.8 Å². The summed E-state index contributed by atoms with van der Waals surface area (Å²) in [5, 5.41) is 15.8. The quantitative estimate of drug-likeness (QED) is 0.443. The molecule has 10 heteroatoms. The van der Waals surface area contributed by atoms with E-state index in [0.717, 1.165) is 29.7 Å². The predicted molar refractivity (Wildman–Crippen MR) is 147 cm³/mol. The molecule has 3 aliphatic heterocycles. The molecule has 2 unspecified atom stereocenters. The van der Waals surface area contributed by atoms with Gasteiger partial charge in [0.2, 0.25) is 5.91 Å². The number of nitrogens with one attached hydrogen (secondary N) is 2. The molecule has 3 aliphatic rings. The SMILES string of the molecule is CCC1(CC)CC(=O)NC(N)=N1.COC[C@]1(C)Cc2cc(C(=O)NC3c4ccccc4OCC3O)ccc2O1.